The molecule has 2 aromatic carbocycles. The molecule has 5 heteroatoms. The van der Waals surface area contributed by atoms with Gasteiger partial charge in [-0.05, 0) is 24.3 Å². The van der Waals surface area contributed by atoms with Crippen molar-refractivity contribution in [3.05, 3.63) is 65.5 Å². The summed E-state index contributed by atoms with van der Waals surface area (Å²) in [6, 6.07) is 11.8. The van der Waals surface area contributed by atoms with E-state index in [9.17, 15) is 14.0 Å². The lowest BCUT2D eigenvalue weighted by molar-refractivity contribution is 0.0697. The molecule has 0 aromatic heterocycles. The maximum Gasteiger partial charge on any atom is 0.337 e. The minimum Gasteiger partial charge on any atom is -0.478 e. The predicted molar refractivity (Wildman–Crippen MR) is 67.8 cm³/mol. The molecular weight excluding hydrogens is 249 g/mol. The molecule has 1 amide bonds. The van der Waals surface area contributed by atoms with Crippen LogP contribution in [0, 0.1) is 5.82 Å². The first-order valence-corrected chi connectivity index (χ1v) is 5.48. The summed E-state index contributed by atoms with van der Waals surface area (Å²) in [4.78, 5) is 22.8. The summed E-state index contributed by atoms with van der Waals surface area (Å²) < 4.78 is 13.6. The Labute approximate surface area is 108 Å². The van der Waals surface area contributed by atoms with Crippen LogP contribution in [-0.4, -0.2) is 17.0 Å². The number of hydrogen-bond acceptors (Lipinski definition) is 2. The molecule has 96 valence electrons. The van der Waals surface area contributed by atoms with Crippen LogP contribution in [0.1, 0.15) is 20.7 Å². The van der Waals surface area contributed by atoms with E-state index >= 15 is 0 Å². The highest BCUT2D eigenvalue weighted by Gasteiger charge is 2.17. The van der Waals surface area contributed by atoms with Crippen molar-refractivity contribution >= 4 is 17.6 Å². The molecule has 0 fully saturated rings. The normalized spacial score (nSPS) is 9.95. The Kier molecular flexibility index (Phi) is 3.56. The molecule has 0 unspecified atom stereocenters. The van der Waals surface area contributed by atoms with Crippen molar-refractivity contribution in [3.8, 4) is 0 Å². The fourth-order valence-electron chi connectivity index (χ4n) is 1.60. The van der Waals surface area contributed by atoms with E-state index in [-0.39, 0.29) is 11.3 Å². The van der Waals surface area contributed by atoms with Crippen LogP contribution >= 0.6 is 0 Å². The van der Waals surface area contributed by atoms with E-state index < -0.39 is 17.7 Å². The first-order chi connectivity index (χ1) is 9.09. The molecule has 0 atom stereocenters. The van der Waals surface area contributed by atoms with E-state index in [2.05, 4.69) is 5.32 Å². The van der Waals surface area contributed by atoms with Crippen LogP contribution in [-0.2, 0) is 0 Å². The van der Waals surface area contributed by atoms with E-state index in [1.807, 2.05) is 0 Å². The molecule has 0 aliphatic rings. The fourth-order valence-corrected chi connectivity index (χ4v) is 1.60. The second-order valence-corrected chi connectivity index (χ2v) is 3.79. The summed E-state index contributed by atoms with van der Waals surface area (Å²) >= 11 is 0. The van der Waals surface area contributed by atoms with E-state index in [0.29, 0.717) is 5.56 Å². The number of halogens is 1. The van der Waals surface area contributed by atoms with Gasteiger partial charge in [-0.25, -0.2) is 9.18 Å². The highest BCUT2D eigenvalue weighted by atomic mass is 19.1. The standard InChI is InChI=1S/C14H10FNO3/c15-11-8-4-7-10(14(18)19)12(11)16-13(17)9-5-2-1-3-6-9/h1-8H,(H,16,17)(H,18,19). The number of benzene rings is 2. The number of para-hydroxylation sites is 1. The van der Waals surface area contributed by atoms with E-state index in [4.69, 9.17) is 5.11 Å². The van der Waals surface area contributed by atoms with Gasteiger partial charge in [0.15, 0.2) is 0 Å². The topological polar surface area (TPSA) is 66.4 Å². The Hall–Kier alpha value is -2.69. The lowest BCUT2D eigenvalue weighted by Gasteiger charge is -2.09. The lowest BCUT2D eigenvalue weighted by atomic mass is 10.1. The SMILES string of the molecule is O=C(Nc1c(F)cccc1C(=O)O)c1ccccc1. The average Bonchev–Trinajstić information content (AvgIpc) is 2.41. The zero-order valence-corrected chi connectivity index (χ0v) is 9.76. The van der Waals surface area contributed by atoms with Crippen LogP contribution in [0.25, 0.3) is 0 Å². The fraction of sp³-hybridized carbons (Fsp3) is 0. The van der Waals surface area contributed by atoms with Gasteiger partial charge < -0.3 is 10.4 Å². The average molecular weight is 259 g/mol. The van der Waals surface area contributed by atoms with Crippen molar-refractivity contribution in [2.24, 2.45) is 0 Å². The Morgan fingerprint density at radius 1 is 1.00 bits per heavy atom. The van der Waals surface area contributed by atoms with E-state index in [0.717, 1.165) is 6.07 Å². The van der Waals surface area contributed by atoms with Gasteiger partial charge in [0.05, 0.1) is 11.3 Å². The van der Waals surface area contributed by atoms with Gasteiger partial charge in [0, 0.05) is 5.56 Å². The second kappa shape index (κ2) is 5.30. The molecule has 0 radical (unpaired) electrons. The number of carboxylic acids is 1. The van der Waals surface area contributed by atoms with Crippen LogP contribution in [0.5, 0.6) is 0 Å². The van der Waals surface area contributed by atoms with Gasteiger partial charge in [-0.15, -0.1) is 0 Å². The molecule has 0 aliphatic carbocycles. The summed E-state index contributed by atoms with van der Waals surface area (Å²) in [6.07, 6.45) is 0. The van der Waals surface area contributed by atoms with Gasteiger partial charge in [0.2, 0.25) is 0 Å². The van der Waals surface area contributed by atoms with Crippen molar-refractivity contribution in [1.29, 1.82) is 0 Å². The number of rotatable bonds is 3. The summed E-state index contributed by atoms with van der Waals surface area (Å²) in [5.41, 5.74) is -0.296. The van der Waals surface area contributed by atoms with Crippen molar-refractivity contribution in [2.45, 2.75) is 0 Å². The maximum atomic E-state index is 13.6. The second-order valence-electron chi connectivity index (χ2n) is 3.79. The van der Waals surface area contributed by atoms with Gasteiger partial charge in [-0.2, -0.15) is 0 Å². The first kappa shape index (κ1) is 12.8. The Morgan fingerprint density at radius 3 is 2.32 bits per heavy atom. The van der Waals surface area contributed by atoms with Gasteiger partial charge in [0.25, 0.3) is 5.91 Å². The smallest absolute Gasteiger partial charge is 0.337 e. The molecule has 0 aliphatic heterocycles. The molecule has 0 saturated carbocycles. The number of carboxylic acid groups (broad SMARTS) is 1. The predicted octanol–water partition coefficient (Wildman–Crippen LogP) is 2.78. The minimum atomic E-state index is -1.30. The quantitative estimate of drug-likeness (QED) is 0.890. The third-order valence-corrected chi connectivity index (χ3v) is 2.52. The van der Waals surface area contributed by atoms with Crippen LogP contribution in [0.3, 0.4) is 0 Å². The van der Waals surface area contributed by atoms with Crippen molar-refractivity contribution in [2.75, 3.05) is 5.32 Å². The van der Waals surface area contributed by atoms with Gasteiger partial charge in [0.1, 0.15) is 5.82 Å². The highest BCUT2D eigenvalue weighted by molar-refractivity contribution is 6.07. The van der Waals surface area contributed by atoms with Gasteiger partial charge >= 0.3 is 5.97 Å². The lowest BCUT2D eigenvalue weighted by Crippen LogP contribution is -2.16. The van der Waals surface area contributed by atoms with Crippen molar-refractivity contribution in [3.63, 3.8) is 0 Å². The number of aromatic carboxylic acids is 1. The molecule has 0 heterocycles. The van der Waals surface area contributed by atoms with E-state index in [1.165, 1.54) is 12.1 Å². The monoisotopic (exact) mass is 259 g/mol. The molecule has 2 rings (SSSR count). The number of carbonyl (C=O) groups excluding carboxylic acids is 1. The number of carbonyl (C=O) groups is 2. The van der Waals surface area contributed by atoms with Crippen LogP contribution in [0.15, 0.2) is 48.5 Å². The zero-order chi connectivity index (χ0) is 13.8. The van der Waals surface area contributed by atoms with Crippen molar-refractivity contribution < 1.29 is 19.1 Å². The molecule has 2 aromatic rings. The van der Waals surface area contributed by atoms with Crippen molar-refractivity contribution in [1.82, 2.24) is 0 Å². The molecule has 4 nitrogen and oxygen atoms in total. The number of anilines is 1. The van der Waals surface area contributed by atoms with Crippen LogP contribution in [0.2, 0.25) is 0 Å². The third kappa shape index (κ3) is 2.77. The highest BCUT2D eigenvalue weighted by Crippen LogP contribution is 2.20. The van der Waals surface area contributed by atoms with Crippen LogP contribution < -0.4 is 5.32 Å². The Morgan fingerprint density at radius 2 is 1.68 bits per heavy atom. The molecule has 0 saturated heterocycles. The summed E-state index contributed by atoms with van der Waals surface area (Å²) in [7, 11) is 0. The van der Waals surface area contributed by atoms with Gasteiger partial charge in [-0.3, -0.25) is 4.79 Å². The summed E-state index contributed by atoms with van der Waals surface area (Å²) in [5, 5.41) is 11.2. The molecule has 19 heavy (non-hydrogen) atoms. The van der Waals surface area contributed by atoms with Crippen LogP contribution in [0.4, 0.5) is 10.1 Å². The third-order valence-electron chi connectivity index (χ3n) is 2.52. The summed E-state index contributed by atoms with van der Waals surface area (Å²) in [5.74, 6) is -2.65. The number of amides is 1. The Balaban J connectivity index is 2.34. The molecule has 0 bridgehead atoms. The number of nitrogens with one attached hydrogen (secondary N) is 1. The zero-order valence-electron chi connectivity index (χ0n) is 9.76. The molecular formula is C14H10FNO3. The van der Waals surface area contributed by atoms with E-state index in [1.54, 1.807) is 30.3 Å². The molecule has 0 spiro atoms. The number of hydrogen-bond donors (Lipinski definition) is 2. The Bertz CT molecular complexity index is 626. The minimum absolute atomic E-state index is 0.288. The van der Waals surface area contributed by atoms with Gasteiger partial charge in [-0.1, -0.05) is 24.3 Å². The maximum absolute atomic E-state index is 13.6. The summed E-state index contributed by atoms with van der Waals surface area (Å²) in [6.45, 7) is 0. The molecule has 2 N–H and O–H groups in total. The largest absolute Gasteiger partial charge is 0.478 e. The first-order valence-electron chi connectivity index (χ1n) is 5.48.